The fourth-order valence-electron chi connectivity index (χ4n) is 5.32. The van der Waals surface area contributed by atoms with Gasteiger partial charge in [0.2, 0.25) is 0 Å². The molecule has 1 aliphatic rings. The molecule has 0 spiro atoms. The molecule has 2 heterocycles. The number of hydrogen-bond donors (Lipinski definition) is 2. The van der Waals surface area contributed by atoms with Crippen molar-refractivity contribution >= 4 is 34.7 Å². The van der Waals surface area contributed by atoms with E-state index in [1.807, 2.05) is 22.8 Å². The van der Waals surface area contributed by atoms with E-state index in [2.05, 4.69) is 27.9 Å². The summed E-state index contributed by atoms with van der Waals surface area (Å²) in [7, 11) is -4.13. The lowest BCUT2D eigenvalue weighted by Crippen LogP contribution is -2.40. The number of benzene rings is 1. The van der Waals surface area contributed by atoms with Crippen molar-refractivity contribution in [3.05, 3.63) is 61.0 Å². The molecule has 4 rings (SSSR count). The molecule has 11 heteroatoms. The van der Waals surface area contributed by atoms with Crippen molar-refractivity contribution in [1.29, 1.82) is 0 Å². The van der Waals surface area contributed by atoms with Gasteiger partial charge in [-0.3, -0.25) is 13.9 Å². The van der Waals surface area contributed by atoms with Crippen LogP contribution in [0, 0.1) is 18.3 Å². The van der Waals surface area contributed by atoms with Crippen LogP contribution in [0.3, 0.4) is 0 Å². The Balaban J connectivity index is 1.80. The van der Waals surface area contributed by atoms with E-state index in [-0.39, 0.29) is 25.7 Å². The molecule has 0 atom stereocenters. The summed E-state index contributed by atoms with van der Waals surface area (Å²) in [6, 6.07) is 7.99. The Morgan fingerprint density at radius 2 is 1.79 bits per heavy atom. The molecule has 1 aliphatic carbocycles. The summed E-state index contributed by atoms with van der Waals surface area (Å²) in [6.07, 6.45) is 12.9. The standard InChI is InChI=1S/C27H34BrN4O5P/c1-2-16-31-26(33)24-25(30(27(31)34)17-8-9-18-38(35,36)37)29-23(15-14-21-12-6-7-13-22(21)28)32(24)19-20-10-4-3-5-11-20/h1,6-7,12-13,20H,3-5,8-11,14-19H2,(H2,35,36,37). The second-order valence-corrected chi connectivity index (χ2v) is 12.7. The number of rotatable bonds is 11. The summed E-state index contributed by atoms with van der Waals surface area (Å²) >= 11 is 3.61. The maximum absolute atomic E-state index is 13.6. The van der Waals surface area contributed by atoms with Gasteiger partial charge in [0.25, 0.3) is 5.56 Å². The van der Waals surface area contributed by atoms with Gasteiger partial charge in [0, 0.05) is 30.1 Å². The highest BCUT2D eigenvalue weighted by Gasteiger charge is 2.24. The highest BCUT2D eigenvalue weighted by atomic mass is 79.9. The van der Waals surface area contributed by atoms with Gasteiger partial charge in [-0.05, 0) is 49.7 Å². The molecule has 0 saturated heterocycles. The second-order valence-electron chi connectivity index (χ2n) is 10.0. The van der Waals surface area contributed by atoms with Crippen LogP contribution in [0.2, 0.25) is 0 Å². The number of fused-ring (bicyclic) bond motifs is 1. The maximum atomic E-state index is 13.6. The Morgan fingerprint density at radius 1 is 1.05 bits per heavy atom. The highest BCUT2D eigenvalue weighted by molar-refractivity contribution is 9.10. The number of unbranched alkanes of at least 4 members (excludes halogenated alkanes) is 1. The molecule has 0 amide bonds. The number of halogens is 1. The lowest BCUT2D eigenvalue weighted by Gasteiger charge is -2.23. The van der Waals surface area contributed by atoms with Crippen molar-refractivity contribution < 1.29 is 14.4 Å². The summed E-state index contributed by atoms with van der Waals surface area (Å²) in [4.78, 5) is 50.3. The summed E-state index contributed by atoms with van der Waals surface area (Å²) in [6.45, 7) is 0.685. The third-order valence-corrected chi connectivity index (χ3v) is 8.94. The van der Waals surface area contributed by atoms with Gasteiger partial charge in [0.15, 0.2) is 11.2 Å². The van der Waals surface area contributed by atoms with Gasteiger partial charge >= 0.3 is 13.3 Å². The van der Waals surface area contributed by atoms with Crippen LogP contribution in [-0.2, 0) is 37.0 Å². The van der Waals surface area contributed by atoms with Gasteiger partial charge in [-0.25, -0.2) is 14.3 Å². The van der Waals surface area contributed by atoms with Crippen LogP contribution in [-0.4, -0.2) is 34.6 Å². The van der Waals surface area contributed by atoms with Crippen LogP contribution in [0.25, 0.3) is 11.2 Å². The minimum atomic E-state index is -4.13. The van der Waals surface area contributed by atoms with E-state index >= 15 is 0 Å². The van der Waals surface area contributed by atoms with E-state index in [9.17, 15) is 23.9 Å². The van der Waals surface area contributed by atoms with E-state index in [4.69, 9.17) is 11.4 Å². The van der Waals surface area contributed by atoms with E-state index < -0.39 is 18.8 Å². The number of terminal acetylenes is 1. The quantitative estimate of drug-likeness (QED) is 0.193. The number of nitrogens with zero attached hydrogens (tertiary/aromatic N) is 4. The fraction of sp³-hybridized carbons (Fsp3) is 0.519. The predicted molar refractivity (Wildman–Crippen MR) is 151 cm³/mol. The van der Waals surface area contributed by atoms with E-state index in [1.165, 1.54) is 11.0 Å². The number of aryl methyl sites for hydroxylation is 3. The van der Waals surface area contributed by atoms with Gasteiger partial charge in [-0.1, -0.05) is 59.3 Å². The number of imidazole rings is 1. The molecular weight excluding hydrogens is 571 g/mol. The molecule has 1 saturated carbocycles. The first-order valence-corrected chi connectivity index (χ1v) is 15.7. The Morgan fingerprint density at radius 3 is 2.47 bits per heavy atom. The maximum Gasteiger partial charge on any atom is 0.333 e. The molecule has 1 fully saturated rings. The SMILES string of the molecule is C#CCn1c(=O)c2c(nc(CCc3ccccc3Br)n2CC2CCCCC2)n(CCCCP(=O)(O)O)c1=O. The minimum absolute atomic E-state index is 0.156. The molecule has 38 heavy (non-hydrogen) atoms. The Labute approximate surface area is 230 Å². The van der Waals surface area contributed by atoms with Crippen molar-refractivity contribution in [3.8, 4) is 12.3 Å². The number of aromatic nitrogens is 4. The van der Waals surface area contributed by atoms with Crippen LogP contribution in [0.1, 0.15) is 56.3 Å². The average Bonchev–Trinajstić information content (AvgIpc) is 3.23. The van der Waals surface area contributed by atoms with Crippen molar-refractivity contribution in [2.75, 3.05) is 6.16 Å². The average molecular weight is 605 g/mol. The van der Waals surface area contributed by atoms with Crippen LogP contribution in [0.5, 0.6) is 0 Å². The number of hydrogen-bond acceptors (Lipinski definition) is 4. The monoisotopic (exact) mass is 604 g/mol. The van der Waals surface area contributed by atoms with Crippen LogP contribution in [0.15, 0.2) is 38.3 Å². The Hall–Kier alpha value is -2.44. The van der Waals surface area contributed by atoms with Crippen molar-refractivity contribution in [2.45, 2.75) is 77.4 Å². The normalized spacial score (nSPS) is 14.7. The zero-order chi connectivity index (χ0) is 27.3. The highest BCUT2D eigenvalue weighted by Crippen LogP contribution is 2.35. The van der Waals surface area contributed by atoms with Crippen molar-refractivity contribution in [1.82, 2.24) is 18.7 Å². The van der Waals surface area contributed by atoms with Crippen molar-refractivity contribution in [3.63, 3.8) is 0 Å². The summed E-state index contributed by atoms with van der Waals surface area (Å²) < 4.78 is 16.8. The van der Waals surface area contributed by atoms with E-state index in [1.54, 1.807) is 0 Å². The largest absolute Gasteiger partial charge is 0.333 e. The lowest BCUT2D eigenvalue weighted by atomic mass is 9.89. The van der Waals surface area contributed by atoms with Crippen molar-refractivity contribution in [2.24, 2.45) is 5.92 Å². The van der Waals surface area contributed by atoms with Gasteiger partial charge < -0.3 is 14.4 Å². The third-order valence-electron chi connectivity index (χ3n) is 7.27. The first-order valence-electron chi connectivity index (χ1n) is 13.1. The fourth-order valence-corrected chi connectivity index (χ4v) is 6.44. The van der Waals surface area contributed by atoms with Crippen LogP contribution < -0.4 is 11.2 Å². The minimum Gasteiger partial charge on any atom is -0.324 e. The molecule has 9 nitrogen and oxygen atoms in total. The molecule has 0 radical (unpaired) electrons. The zero-order valence-corrected chi connectivity index (χ0v) is 23.9. The van der Waals surface area contributed by atoms with Gasteiger partial charge in [0.1, 0.15) is 5.82 Å². The third kappa shape index (κ3) is 6.76. The Bertz CT molecular complexity index is 1490. The Kier molecular flexibility index (Phi) is 9.48. The molecule has 2 N–H and O–H groups in total. The topological polar surface area (TPSA) is 119 Å². The molecule has 0 bridgehead atoms. The smallest absolute Gasteiger partial charge is 0.324 e. The second kappa shape index (κ2) is 12.6. The zero-order valence-electron chi connectivity index (χ0n) is 21.4. The first kappa shape index (κ1) is 28.6. The van der Waals surface area contributed by atoms with E-state index in [0.29, 0.717) is 42.9 Å². The first-order chi connectivity index (χ1) is 18.2. The molecule has 1 aromatic carbocycles. The summed E-state index contributed by atoms with van der Waals surface area (Å²) in [5.74, 6) is 3.59. The van der Waals surface area contributed by atoms with Gasteiger partial charge in [-0.2, -0.15) is 0 Å². The molecule has 3 aromatic rings. The molecule has 0 unspecified atom stereocenters. The molecule has 204 valence electrons. The molecule has 2 aromatic heterocycles. The van der Waals surface area contributed by atoms with Crippen LogP contribution in [0.4, 0.5) is 0 Å². The van der Waals surface area contributed by atoms with Gasteiger partial charge in [-0.15, -0.1) is 6.42 Å². The van der Waals surface area contributed by atoms with Crippen LogP contribution >= 0.6 is 23.5 Å². The van der Waals surface area contributed by atoms with Gasteiger partial charge in [0.05, 0.1) is 6.54 Å². The molecule has 0 aliphatic heterocycles. The molecular formula is C27H34BrN4O5P. The van der Waals surface area contributed by atoms with E-state index in [0.717, 1.165) is 46.1 Å². The predicted octanol–water partition coefficient (Wildman–Crippen LogP) is 4.08. The lowest BCUT2D eigenvalue weighted by molar-refractivity contribution is 0.318. The summed E-state index contributed by atoms with van der Waals surface area (Å²) in [5, 5.41) is 0. The summed E-state index contributed by atoms with van der Waals surface area (Å²) in [5.41, 5.74) is 0.842.